The number of nitrogens with zero attached hydrogens (tertiary/aromatic N) is 1. The topological polar surface area (TPSA) is 49.4 Å². The Morgan fingerprint density at radius 2 is 1.79 bits per heavy atom. The number of anilines is 1. The van der Waals surface area contributed by atoms with Crippen molar-refractivity contribution in [3.63, 3.8) is 0 Å². The van der Waals surface area contributed by atoms with Gasteiger partial charge in [0.2, 0.25) is 5.91 Å². The Hall–Kier alpha value is -2.82. The maximum atomic E-state index is 13.6. The van der Waals surface area contributed by atoms with Crippen molar-refractivity contribution < 1.29 is 9.59 Å². The van der Waals surface area contributed by atoms with Crippen LogP contribution in [0.25, 0.3) is 0 Å². The molecule has 3 aromatic rings. The number of fused-ring (bicyclic) bond motifs is 1. The molecular formula is C23H18Cl2N2O2. The largest absolute Gasteiger partial charge is 0.324 e. The standard InChI is InChI=1S/C23H18Cl2N2O2/c1-14-7-10-20-18(11-14)22(15-5-3-2-4-6-15)27(13-21(28)26-20)23(29)17-12-16(24)8-9-19(17)25/h2-12,22H,13H2,1H3,(H,26,28)/t22-/m1/s1. The van der Waals surface area contributed by atoms with Gasteiger partial charge in [-0.15, -0.1) is 0 Å². The lowest BCUT2D eigenvalue weighted by Gasteiger charge is -2.31. The van der Waals surface area contributed by atoms with E-state index in [0.29, 0.717) is 15.7 Å². The number of carbonyl (C=O) groups is 2. The van der Waals surface area contributed by atoms with E-state index in [1.54, 1.807) is 17.0 Å². The minimum Gasteiger partial charge on any atom is -0.324 e. The third-order valence-electron chi connectivity index (χ3n) is 4.94. The first-order chi connectivity index (χ1) is 13.9. The van der Waals surface area contributed by atoms with E-state index in [9.17, 15) is 9.59 Å². The van der Waals surface area contributed by atoms with Crippen molar-refractivity contribution in [1.29, 1.82) is 0 Å². The Morgan fingerprint density at radius 3 is 2.55 bits per heavy atom. The molecule has 1 aliphatic rings. The summed E-state index contributed by atoms with van der Waals surface area (Å²) in [6.07, 6.45) is 0. The number of carbonyl (C=O) groups excluding carboxylic acids is 2. The van der Waals surface area contributed by atoms with E-state index in [0.717, 1.165) is 16.7 Å². The van der Waals surface area contributed by atoms with Gasteiger partial charge in [0, 0.05) is 16.3 Å². The molecule has 2 amide bonds. The van der Waals surface area contributed by atoms with Crippen molar-refractivity contribution in [2.24, 2.45) is 0 Å². The fourth-order valence-electron chi connectivity index (χ4n) is 3.63. The van der Waals surface area contributed by atoms with Gasteiger partial charge in [-0.05, 0) is 36.8 Å². The van der Waals surface area contributed by atoms with Gasteiger partial charge in [0.05, 0.1) is 16.6 Å². The Labute approximate surface area is 179 Å². The van der Waals surface area contributed by atoms with Crippen LogP contribution in [0.3, 0.4) is 0 Å². The highest BCUT2D eigenvalue weighted by atomic mass is 35.5. The lowest BCUT2D eigenvalue weighted by molar-refractivity contribution is -0.117. The summed E-state index contributed by atoms with van der Waals surface area (Å²) >= 11 is 12.4. The molecule has 1 N–H and O–H groups in total. The average molecular weight is 425 g/mol. The van der Waals surface area contributed by atoms with Gasteiger partial charge < -0.3 is 10.2 Å². The van der Waals surface area contributed by atoms with Crippen LogP contribution in [0.1, 0.15) is 33.1 Å². The highest BCUT2D eigenvalue weighted by Crippen LogP contribution is 2.37. The molecule has 1 atom stereocenters. The molecular weight excluding hydrogens is 407 g/mol. The number of hydrogen-bond donors (Lipinski definition) is 1. The predicted molar refractivity (Wildman–Crippen MR) is 116 cm³/mol. The van der Waals surface area contributed by atoms with Crippen LogP contribution in [0, 0.1) is 6.92 Å². The van der Waals surface area contributed by atoms with Crippen molar-refractivity contribution >= 4 is 40.7 Å². The molecule has 29 heavy (non-hydrogen) atoms. The Morgan fingerprint density at radius 1 is 1.03 bits per heavy atom. The predicted octanol–water partition coefficient (Wildman–Crippen LogP) is 5.49. The van der Waals surface area contributed by atoms with Crippen molar-refractivity contribution in [2.75, 3.05) is 11.9 Å². The number of hydrogen-bond acceptors (Lipinski definition) is 2. The van der Waals surface area contributed by atoms with Crippen LogP contribution in [0.2, 0.25) is 10.0 Å². The second kappa shape index (κ2) is 7.90. The van der Waals surface area contributed by atoms with Gasteiger partial charge in [0.25, 0.3) is 5.91 Å². The van der Waals surface area contributed by atoms with Crippen LogP contribution in [0.4, 0.5) is 5.69 Å². The van der Waals surface area contributed by atoms with Crippen LogP contribution in [0.5, 0.6) is 0 Å². The number of halogens is 2. The van der Waals surface area contributed by atoms with Gasteiger partial charge in [0.15, 0.2) is 0 Å². The molecule has 1 heterocycles. The molecule has 0 unspecified atom stereocenters. The molecule has 0 saturated carbocycles. The van der Waals surface area contributed by atoms with E-state index in [4.69, 9.17) is 23.2 Å². The Kier molecular flexibility index (Phi) is 5.31. The fraction of sp³-hybridized carbons (Fsp3) is 0.130. The highest BCUT2D eigenvalue weighted by molar-refractivity contribution is 6.35. The number of amides is 2. The molecule has 6 heteroatoms. The summed E-state index contributed by atoms with van der Waals surface area (Å²) in [5.74, 6) is -0.615. The minimum absolute atomic E-state index is 0.102. The summed E-state index contributed by atoms with van der Waals surface area (Å²) < 4.78 is 0. The van der Waals surface area contributed by atoms with E-state index >= 15 is 0 Å². The van der Waals surface area contributed by atoms with Gasteiger partial charge >= 0.3 is 0 Å². The zero-order chi connectivity index (χ0) is 20.5. The summed E-state index contributed by atoms with van der Waals surface area (Å²) in [5.41, 5.74) is 3.76. The van der Waals surface area contributed by atoms with Crippen LogP contribution in [0.15, 0.2) is 66.7 Å². The summed E-state index contributed by atoms with van der Waals surface area (Å²) in [5, 5.41) is 3.62. The Balaban J connectivity index is 1.91. The molecule has 1 aliphatic heterocycles. The molecule has 146 valence electrons. The highest BCUT2D eigenvalue weighted by Gasteiger charge is 2.34. The molecule has 0 aromatic heterocycles. The molecule has 0 bridgehead atoms. The average Bonchev–Trinajstić information content (AvgIpc) is 2.85. The summed E-state index contributed by atoms with van der Waals surface area (Å²) in [4.78, 5) is 27.7. The van der Waals surface area contributed by atoms with Crippen molar-refractivity contribution in [2.45, 2.75) is 13.0 Å². The second-order valence-electron chi connectivity index (χ2n) is 7.01. The maximum Gasteiger partial charge on any atom is 0.256 e. The monoisotopic (exact) mass is 424 g/mol. The third kappa shape index (κ3) is 3.86. The molecule has 0 aliphatic carbocycles. The van der Waals surface area contributed by atoms with E-state index in [-0.39, 0.29) is 23.9 Å². The van der Waals surface area contributed by atoms with Gasteiger partial charge in [0.1, 0.15) is 6.54 Å². The second-order valence-corrected chi connectivity index (χ2v) is 7.85. The molecule has 0 spiro atoms. The number of benzene rings is 3. The minimum atomic E-state index is -0.451. The lowest BCUT2D eigenvalue weighted by Crippen LogP contribution is -2.39. The molecule has 0 saturated heterocycles. The Bertz CT molecular complexity index is 1100. The fourth-order valence-corrected chi connectivity index (χ4v) is 4.00. The lowest BCUT2D eigenvalue weighted by atomic mass is 9.94. The molecule has 0 fully saturated rings. The SMILES string of the molecule is Cc1ccc2c(c1)[C@@H](c1ccccc1)N(C(=O)c1cc(Cl)ccc1Cl)CC(=O)N2. The summed E-state index contributed by atoms with van der Waals surface area (Å²) in [6.45, 7) is 1.88. The van der Waals surface area contributed by atoms with Crippen molar-refractivity contribution in [1.82, 2.24) is 4.90 Å². The first kappa shape index (κ1) is 19.5. The van der Waals surface area contributed by atoms with E-state index in [1.807, 2.05) is 55.5 Å². The van der Waals surface area contributed by atoms with Crippen LogP contribution >= 0.6 is 23.2 Å². The zero-order valence-corrected chi connectivity index (χ0v) is 17.2. The number of rotatable bonds is 2. The van der Waals surface area contributed by atoms with Crippen LogP contribution < -0.4 is 5.32 Å². The molecule has 0 radical (unpaired) electrons. The van der Waals surface area contributed by atoms with Crippen LogP contribution in [-0.2, 0) is 4.79 Å². The first-order valence-corrected chi connectivity index (χ1v) is 9.91. The number of nitrogens with one attached hydrogen (secondary N) is 1. The maximum absolute atomic E-state index is 13.6. The van der Waals surface area contributed by atoms with E-state index < -0.39 is 6.04 Å². The molecule has 4 nitrogen and oxygen atoms in total. The molecule has 3 aromatic carbocycles. The summed E-state index contributed by atoms with van der Waals surface area (Å²) in [6, 6.07) is 19.8. The third-order valence-corrected chi connectivity index (χ3v) is 5.50. The van der Waals surface area contributed by atoms with Gasteiger partial charge in [-0.1, -0.05) is 71.2 Å². The zero-order valence-electron chi connectivity index (χ0n) is 15.7. The van der Waals surface area contributed by atoms with Gasteiger partial charge in [-0.2, -0.15) is 0 Å². The van der Waals surface area contributed by atoms with E-state index in [1.165, 1.54) is 6.07 Å². The van der Waals surface area contributed by atoms with Gasteiger partial charge in [-0.25, -0.2) is 0 Å². The molecule has 4 rings (SSSR count). The van der Waals surface area contributed by atoms with Crippen LogP contribution in [-0.4, -0.2) is 23.3 Å². The smallest absolute Gasteiger partial charge is 0.256 e. The van der Waals surface area contributed by atoms with Gasteiger partial charge in [-0.3, -0.25) is 9.59 Å². The number of aryl methyl sites for hydroxylation is 1. The summed E-state index contributed by atoms with van der Waals surface area (Å²) in [7, 11) is 0. The quantitative estimate of drug-likeness (QED) is 0.591. The van der Waals surface area contributed by atoms with Crippen molar-refractivity contribution in [3.05, 3.63) is 99.0 Å². The van der Waals surface area contributed by atoms with E-state index in [2.05, 4.69) is 5.32 Å². The first-order valence-electron chi connectivity index (χ1n) is 9.15. The van der Waals surface area contributed by atoms with Crippen molar-refractivity contribution in [3.8, 4) is 0 Å². The normalized spacial score (nSPS) is 16.0.